The molecule has 6 nitrogen and oxygen atoms in total. The molecule has 0 aliphatic heterocycles. The number of hydrogen-bond acceptors (Lipinski definition) is 4. The van der Waals surface area contributed by atoms with Gasteiger partial charge in [-0.15, -0.1) is 0 Å². The maximum atomic E-state index is 11.6. The molecule has 0 aromatic carbocycles. The van der Waals surface area contributed by atoms with Crippen LogP contribution in [0.4, 0.5) is 0 Å². The Bertz CT molecular complexity index is 611. The SMILES string of the molecule is CC(=O)C(c1ccc2n[nH]c(=O)n2n1)C(C)C. The summed E-state index contributed by atoms with van der Waals surface area (Å²) in [6.45, 7) is 5.45. The van der Waals surface area contributed by atoms with Gasteiger partial charge in [-0.1, -0.05) is 13.8 Å². The predicted octanol–water partition coefficient (Wildman–Crippen LogP) is 0.746. The molecule has 90 valence electrons. The quantitative estimate of drug-likeness (QED) is 0.849. The number of ketones is 1. The Morgan fingerprint density at radius 2 is 2.12 bits per heavy atom. The number of nitrogens with zero attached hydrogens (tertiary/aromatic N) is 3. The molecule has 0 radical (unpaired) electrons. The van der Waals surface area contributed by atoms with Crippen LogP contribution in [0.15, 0.2) is 16.9 Å². The third-order valence-electron chi connectivity index (χ3n) is 2.72. The van der Waals surface area contributed by atoms with Crippen molar-refractivity contribution >= 4 is 11.4 Å². The molecule has 1 unspecified atom stereocenters. The second kappa shape index (κ2) is 4.12. The molecule has 2 rings (SSSR count). The van der Waals surface area contributed by atoms with Crippen LogP contribution >= 0.6 is 0 Å². The van der Waals surface area contributed by atoms with Gasteiger partial charge in [-0.25, -0.2) is 9.89 Å². The van der Waals surface area contributed by atoms with Crippen LogP contribution in [0.3, 0.4) is 0 Å². The molecule has 0 saturated heterocycles. The zero-order valence-corrected chi connectivity index (χ0v) is 9.97. The first-order chi connectivity index (χ1) is 8.00. The number of fused-ring (bicyclic) bond motifs is 1. The van der Waals surface area contributed by atoms with Gasteiger partial charge in [0.15, 0.2) is 5.65 Å². The first-order valence-electron chi connectivity index (χ1n) is 5.45. The Morgan fingerprint density at radius 1 is 1.41 bits per heavy atom. The van der Waals surface area contributed by atoms with E-state index >= 15 is 0 Å². The van der Waals surface area contributed by atoms with Crippen LogP contribution in [-0.2, 0) is 4.79 Å². The molecule has 2 aromatic rings. The van der Waals surface area contributed by atoms with Crippen molar-refractivity contribution < 1.29 is 4.79 Å². The highest BCUT2D eigenvalue weighted by Gasteiger charge is 2.22. The van der Waals surface area contributed by atoms with Crippen molar-refractivity contribution in [1.82, 2.24) is 19.8 Å². The van der Waals surface area contributed by atoms with Gasteiger partial charge in [-0.2, -0.15) is 14.7 Å². The van der Waals surface area contributed by atoms with Gasteiger partial charge in [0.2, 0.25) is 0 Å². The topological polar surface area (TPSA) is 80.1 Å². The number of carbonyl (C=O) groups is 1. The molecule has 0 amide bonds. The minimum Gasteiger partial charge on any atom is -0.299 e. The maximum absolute atomic E-state index is 11.6. The molecular weight excluding hydrogens is 220 g/mol. The molecule has 0 aliphatic carbocycles. The van der Waals surface area contributed by atoms with E-state index in [2.05, 4.69) is 15.3 Å². The lowest BCUT2D eigenvalue weighted by molar-refractivity contribution is -0.119. The molecule has 0 spiro atoms. The highest BCUT2D eigenvalue weighted by molar-refractivity contribution is 5.83. The third-order valence-corrected chi connectivity index (χ3v) is 2.72. The zero-order valence-electron chi connectivity index (χ0n) is 9.97. The number of carbonyl (C=O) groups excluding carboxylic acids is 1. The van der Waals surface area contributed by atoms with Gasteiger partial charge in [-0.3, -0.25) is 4.79 Å². The van der Waals surface area contributed by atoms with Gasteiger partial charge in [0.25, 0.3) is 0 Å². The van der Waals surface area contributed by atoms with Crippen molar-refractivity contribution in [2.75, 3.05) is 0 Å². The summed E-state index contributed by atoms with van der Waals surface area (Å²) >= 11 is 0. The Labute approximate surface area is 97.7 Å². The van der Waals surface area contributed by atoms with Gasteiger partial charge in [0, 0.05) is 0 Å². The van der Waals surface area contributed by atoms with Crippen LogP contribution in [0, 0.1) is 5.92 Å². The van der Waals surface area contributed by atoms with Gasteiger partial charge in [0.05, 0.1) is 11.6 Å². The van der Waals surface area contributed by atoms with E-state index < -0.39 is 5.69 Å². The van der Waals surface area contributed by atoms with Crippen LogP contribution in [0.5, 0.6) is 0 Å². The fraction of sp³-hybridized carbons (Fsp3) is 0.455. The third kappa shape index (κ3) is 1.98. The summed E-state index contributed by atoms with van der Waals surface area (Å²) in [7, 11) is 0. The lowest BCUT2D eigenvalue weighted by Crippen LogP contribution is -2.20. The average Bonchev–Trinajstić information content (AvgIpc) is 2.59. The zero-order chi connectivity index (χ0) is 12.6. The van der Waals surface area contributed by atoms with E-state index in [-0.39, 0.29) is 17.6 Å². The Kier molecular flexibility index (Phi) is 2.79. The van der Waals surface area contributed by atoms with Crippen molar-refractivity contribution in [3.63, 3.8) is 0 Å². The van der Waals surface area contributed by atoms with E-state index in [0.29, 0.717) is 11.3 Å². The van der Waals surface area contributed by atoms with Crippen molar-refractivity contribution in [2.24, 2.45) is 5.92 Å². The molecule has 2 aromatic heterocycles. The highest BCUT2D eigenvalue weighted by atomic mass is 16.2. The predicted molar refractivity (Wildman–Crippen MR) is 61.9 cm³/mol. The van der Waals surface area contributed by atoms with Gasteiger partial charge in [-0.05, 0) is 25.0 Å². The lowest BCUT2D eigenvalue weighted by atomic mass is 9.89. The monoisotopic (exact) mass is 234 g/mol. The van der Waals surface area contributed by atoms with E-state index in [1.807, 2.05) is 13.8 Å². The molecule has 1 N–H and O–H groups in total. The van der Waals surface area contributed by atoms with Crippen molar-refractivity contribution in [3.05, 3.63) is 28.3 Å². The number of H-pyrrole nitrogens is 1. The van der Waals surface area contributed by atoms with E-state index in [4.69, 9.17) is 0 Å². The largest absolute Gasteiger partial charge is 0.364 e. The minimum atomic E-state index is -0.395. The summed E-state index contributed by atoms with van der Waals surface area (Å²) in [5.41, 5.74) is 0.654. The molecule has 0 fully saturated rings. The van der Waals surface area contributed by atoms with Crippen LogP contribution in [0.25, 0.3) is 5.65 Å². The molecule has 0 saturated carbocycles. The first-order valence-corrected chi connectivity index (χ1v) is 5.45. The molecule has 17 heavy (non-hydrogen) atoms. The normalized spacial score (nSPS) is 13.2. The standard InChI is InChI=1S/C11H14N4O2/c1-6(2)10(7(3)16)8-4-5-9-12-13-11(17)15(9)14-8/h4-6,10H,1-3H3,(H,13,17). The molecular formula is C11H14N4O2. The molecule has 6 heteroatoms. The number of aromatic amines is 1. The number of nitrogens with one attached hydrogen (secondary N) is 1. The first kappa shape index (κ1) is 11.5. The van der Waals surface area contributed by atoms with E-state index in [9.17, 15) is 9.59 Å². The van der Waals surface area contributed by atoms with Gasteiger partial charge < -0.3 is 0 Å². The molecule has 1 atom stereocenters. The summed E-state index contributed by atoms with van der Waals surface area (Å²) in [6, 6.07) is 3.42. The molecule has 2 heterocycles. The summed E-state index contributed by atoms with van der Waals surface area (Å²) in [4.78, 5) is 23.0. The van der Waals surface area contributed by atoms with E-state index in [0.717, 1.165) is 0 Å². The van der Waals surface area contributed by atoms with Gasteiger partial charge in [0.1, 0.15) is 5.78 Å². The Morgan fingerprint density at radius 3 is 2.71 bits per heavy atom. The van der Waals surface area contributed by atoms with E-state index in [1.54, 1.807) is 12.1 Å². The van der Waals surface area contributed by atoms with E-state index in [1.165, 1.54) is 11.4 Å². The Balaban J connectivity index is 2.58. The Hall–Kier alpha value is -1.98. The second-order valence-electron chi connectivity index (χ2n) is 4.39. The second-order valence-corrected chi connectivity index (χ2v) is 4.39. The lowest BCUT2D eigenvalue weighted by Gasteiger charge is -2.16. The highest BCUT2D eigenvalue weighted by Crippen LogP contribution is 2.23. The van der Waals surface area contributed by atoms with Gasteiger partial charge >= 0.3 is 5.69 Å². The fourth-order valence-electron chi connectivity index (χ4n) is 2.00. The summed E-state index contributed by atoms with van der Waals surface area (Å²) in [6.07, 6.45) is 0. The summed E-state index contributed by atoms with van der Waals surface area (Å²) < 4.78 is 1.17. The average molecular weight is 234 g/mol. The van der Waals surface area contributed by atoms with Crippen molar-refractivity contribution in [3.8, 4) is 0 Å². The van der Waals surface area contributed by atoms with Crippen LogP contribution in [-0.4, -0.2) is 25.6 Å². The smallest absolute Gasteiger partial charge is 0.299 e. The number of rotatable bonds is 3. The van der Waals surface area contributed by atoms with Crippen molar-refractivity contribution in [2.45, 2.75) is 26.7 Å². The molecule has 0 bridgehead atoms. The number of hydrogen-bond donors (Lipinski definition) is 1. The van der Waals surface area contributed by atoms with Crippen LogP contribution in [0.1, 0.15) is 32.4 Å². The molecule has 0 aliphatic rings. The summed E-state index contributed by atoms with van der Waals surface area (Å²) in [5.74, 6) is -0.107. The number of Topliss-reactive ketones (excluding diaryl/α,β-unsaturated/α-hetero) is 1. The van der Waals surface area contributed by atoms with Crippen molar-refractivity contribution in [1.29, 1.82) is 0 Å². The van der Waals surface area contributed by atoms with Crippen LogP contribution in [0.2, 0.25) is 0 Å². The minimum absolute atomic E-state index is 0.0448. The summed E-state index contributed by atoms with van der Waals surface area (Å²) in [5, 5.41) is 10.3. The fourth-order valence-corrected chi connectivity index (χ4v) is 2.00. The van der Waals surface area contributed by atoms with Crippen LogP contribution < -0.4 is 5.69 Å². The maximum Gasteiger partial charge on any atom is 0.364 e. The number of aromatic nitrogens is 4.